The Labute approximate surface area is 112 Å². The van der Waals surface area contributed by atoms with Crippen molar-refractivity contribution in [1.82, 2.24) is 0 Å². The molecule has 0 aromatic carbocycles. The number of carbonyl (C=O) groups excluding carboxylic acids is 2. The van der Waals surface area contributed by atoms with Crippen molar-refractivity contribution in [3.63, 3.8) is 0 Å². The van der Waals surface area contributed by atoms with Crippen LogP contribution in [0.25, 0.3) is 0 Å². The number of fused-ring (bicyclic) bond motifs is 1. The van der Waals surface area contributed by atoms with E-state index < -0.39 is 5.41 Å². The zero-order chi connectivity index (χ0) is 10.8. The molecule has 3 fully saturated rings. The van der Waals surface area contributed by atoms with E-state index in [9.17, 15) is 9.59 Å². The molecule has 84 valence electrons. The van der Waals surface area contributed by atoms with Crippen LogP contribution in [0, 0.1) is 11.3 Å². The summed E-state index contributed by atoms with van der Waals surface area (Å²) < 4.78 is 5.68. The SMILES string of the molecule is CC1CC2(CC(=O)OC2=O)C2(C1)[I-]C2I. The molecule has 1 aliphatic carbocycles. The molecule has 2 heterocycles. The molecular formula is C10H11I2O3-. The van der Waals surface area contributed by atoms with Gasteiger partial charge < -0.3 is 0 Å². The van der Waals surface area contributed by atoms with E-state index in [4.69, 9.17) is 4.74 Å². The first kappa shape index (κ1) is 10.7. The van der Waals surface area contributed by atoms with Gasteiger partial charge in [-0.3, -0.25) is 0 Å². The van der Waals surface area contributed by atoms with Crippen molar-refractivity contribution < 1.29 is 35.5 Å². The van der Waals surface area contributed by atoms with Crippen molar-refractivity contribution in [2.75, 3.05) is 0 Å². The van der Waals surface area contributed by atoms with E-state index in [-0.39, 0.29) is 36.6 Å². The third-order valence-electron chi connectivity index (χ3n) is 3.77. The summed E-state index contributed by atoms with van der Waals surface area (Å²) in [5.41, 5.74) is -0.400. The molecule has 0 aromatic rings. The second-order valence-corrected chi connectivity index (χ2v) is 12.2. The van der Waals surface area contributed by atoms with Crippen LogP contribution in [-0.2, 0) is 14.3 Å². The average molecular weight is 433 g/mol. The van der Waals surface area contributed by atoms with Gasteiger partial charge in [0.1, 0.15) is 0 Å². The van der Waals surface area contributed by atoms with E-state index in [0.29, 0.717) is 14.3 Å². The minimum absolute atomic E-state index is 0.0843. The summed E-state index contributed by atoms with van der Waals surface area (Å²) >= 11 is 2.55. The predicted octanol–water partition coefficient (Wildman–Crippen LogP) is -1.52. The summed E-state index contributed by atoms with van der Waals surface area (Å²) in [7, 11) is 0. The van der Waals surface area contributed by atoms with Crippen LogP contribution in [0.5, 0.6) is 0 Å². The molecule has 2 spiro atoms. The molecule has 4 unspecified atom stereocenters. The molecule has 3 nitrogen and oxygen atoms in total. The molecule has 2 saturated heterocycles. The molecule has 1 saturated carbocycles. The molecule has 0 amide bonds. The Balaban J connectivity index is 2.04. The van der Waals surface area contributed by atoms with Crippen LogP contribution in [-0.4, -0.2) is 17.3 Å². The van der Waals surface area contributed by atoms with E-state index in [0.717, 1.165) is 12.8 Å². The Kier molecular flexibility index (Phi) is 2.21. The Hall–Kier alpha value is 0.600. The molecule has 0 radical (unpaired) electrons. The Bertz CT molecular complexity index is 370. The zero-order valence-electron chi connectivity index (χ0n) is 8.26. The van der Waals surface area contributed by atoms with Crippen molar-refractivity contribution >= 4 is 34.5 Å². The average Bonchev–Trinajstić information content (AvgIpc) is 2.51. The van der Waals surface area contributed by atoms with E-state index in [1.807, 2.05) is 0 Å². The number of ether oxygens (including phenoxy) is 1. The second-order valence-electron chi connectivity index (χ2n) is 4.81. The van der Waals surface area contributed by atoms with Crippen molar-refractivity contribution in [3.05, 3.63) is 0 Å². The first-order valence-electron chi connectivity index (χ1n) is 5.04. The number of carbonyl (C=O) groups is 2. The quantitative estimate of drug-likeness (QED) is 0.202. The van der Waals surface area contributed by atoms with Gasteiger partial charge in [0.25, 0.3) is 0 Å². The zero-order valence-corrected chi connectivity index (χ0v) is 12.6. The third kappa shape index (κ3) is 1.22. The summed E-state index contributed by atoms with van der Waals surface area (Å²) in [5.74, 6) is 0.0617. The fourth-order valence-electron chi connectivity index (χ4n) is 3.15. The number of hydrogen-bond donors (Lipinski definition) is 0. The van der Waals surface area contributed by atoms with Gasteiger partial charge in [-0.1, -0.05) is 0 Å². The molecule has 4 atom stereocenters. The standard InChI is InChI=1S/C10H11I2O3/c1-5-2-9(4-6(13)15-8(9)14)10(3-5)7(11)12-10/h5,7H,2-4H2,1H3/q-1. The Morgan fingerprint density at radius 2 is 2.13 bits per heavy atom. The summed E-state index contributed by atoms with van der Waals surface area (Å²) in [6.45, 7) is 2.19. The predicted molar refractivity (Wildman–Crippen MR) is 57.1 cm³/mol. The van der Waals surface area contributed by atoms with Gasteiger partial charge in [0, 0.05) is 0 Å². The van der Waals surface area contributed by atoms with Crippen LogP contribution in [0.1, 0.15) is 26.2 Å². The van der Waals surface area contributed by atoms with Gasteiger partial charge in [0.05, 0.1) is 0 Å². The maximum absolute atomic E-state index is 11.9. The molecule has 0 N–H and O–H groups in total. The molecule has 0 aromatic heterocycles. The van der Waals surface area contributed by atoms with Crippen molar-refractivity contribution in [3.8, 4) is 0 Å². The van der Waals surface area contributed by atoms with Crippen LogP contribution < -0.4 is 21.2 Å². The van der Waals surface area contributed by atoms with Crippen LogP contribution >= 0.6 is 22.6 Å². The summed E-state index contributed by atoms with van der Waals surface area (Å²) in [6.07, 6.45) is 2.36. The molecule has 15 heavy (non-hydrogen) atoms. The van der Waals surface area contributed by atoms with Crippen LogP contribution in [0.4, 0.5) is 0 Å². The van der Waals surface area contributed by atoms with Crippen molar-refractivity contribution in [2.45, 2.75) is 31.5 Å². The molecule has 3 rings (SSSR count). The van der Waals surface area contributed by atoms with Gasteiger partial charge in [0.2, 0.25) is 0 Å². The first-order valence-corrected chi connectivity index (χ1v) is 8.61. The van der Waals surface area contributed by atoms with Gasteiger partial charge in [-0.2, -0.15) is 0 Å². The summed E-state index contributed by atoms with van der Waals surface area (Å²) in [5, 5.41) is 0. The molecular weight excluding hydrogens is 422 g/mol. The minimum atomic E-state index is -0.400. The summed E-state index contributed by atoms with van der Waals surface area (Å²) in [4.78, 5) is 23.2. The number of rotatable bonds is 0. The van der Waals surface area contributed by atoms with E-state index >= 15 is 0 Å². The molecule has 3 aliphatic rings. The number of hydrogen-bond acceptors (Lipinski definition) is 3. The van der Waals surface area contributed by atoms with Crippen LogP contribution in [0.3, 0.4) is 0 Å². The Morgan fingerprint density at radius 1 is 1.47 bits per heavy atom. The normalized spacial score (nSPS) is 53.5. The molecule has 2 aliphatic heterocycles. The maximum atomic E-state index is 11.9. The van der Waals surface area contributed by atoms with Crippen molar-refractivity contribution in [2.24, 2.45) is 11.3 Å². The number of cyclic esters (lactones) is 2. The number of esters is 2. The second kappa shape index (κ2) is 3.08. The number of halogens is 2. The monoisotopic (exact) mass is 433 g/mol. The first-order chi connectivity index (χ1) is 7.00. The van der Waals surface area contributed by atoms with Gasteiger partial charge in [-0.05, 0) is 0 Å². The van der Waals surface area contributed by atoms with Crippen LogP contribution in [0.15, 0.2) is 0 Å². The third-order valence-corrected chi connectivity index (χ3v) is 11.7. The Morgan fingerprint density at radius 3 is 2.60 bits per heavy atom. The van der Waals surface area contributed by atoms with Gasteiger partial charge >= 0.3 is 113 Å². The molecule has 0 bridgehead atoms. The van der Waals surface area contributed by atoms with E-state index in [1.54, 1.807) is 0 Å². The van der Waals surface area contributed by atoms with E-state index in [2.05, 4.69) is 29.5 Å². The fraction of sp³-hybridized carbons (Fsp3) is 0.800. The van der Waals surface area contributed by atoms with Gasteiger partial charge in [0.15, 0.2) is 0 Å². The van der Waals surface area contributed by atoms with E-state index in [1.165, 1.54) is 0 Å². The topological polar surface area (TPSA) is 43.4 Å². The summed E-state index contributed by atoms with van der Waals surface area (Å²) in [6, 6.07) is 0. The van der Waals surface area contributed by atoms with Gasteiger partial charge in [-0.15, -0.1) is 0 Å². The number of alkyl halides is 3. The molecule has 5 heteroatoms. The van der Waals surface area contributed by atoms with Gasteiger partial charge in [-0.25, -0.2) is 0 Å². The fourth-order valence-corrected chi connectivity index (χ4v) is 10.7. The van der Waals surface area contributed by atoms with Crippen LogP contribution in [0.2, 0.25) is 0 Å². The van der Waals surface area contributed by atoms with Crippen molar-refractivity contribution in [1.29, 1.82) is 0 Å².